The van der Waals surface area contributed by atoms with Gasteiger partial charge in [0.1, 0.15) is 5.54 Å². The van der Waals surface area contributed by atoms with Crippen LogP contribution in [0.3, 0.4) is 0 Å². The van der Waals surface area contributed by atoms with Gasteiger partial charge in [0.2, 0.25) is 0 Å². The lowest BCUT2D eigenvalue weighted by Crippen LogP contribution is -2.48. The zero-order chi connectivity index (χ0) is 13.8. The fourth-order valence-electron chi connectivity index (χ4n) is 2.73. The van der Waals surface area contributed by atoms with Gasteiger partial charge in [-0.2, -0.15) is 5.26 Å². The summed E-state index contributed by atoms with van der Waals surface area (Å²) in [5.74, 6) is 1.63. The van der Waals surface area contributed by atoms with Crippen LogP contribution < -0.4 is 5.32 Å². The summed E-state index contributed by atoms with van der Waals surface area (Å²) in [4.78, 5) is 2.52. The van der Waals surface area contributed by atoms with E-state index in [1.165, 1.54) is 19.5 Å². The molecule has 0 saturated carbocycles. The summed E-state index contributed by atoms with van der Waals surface area (Å²) in [6, 6.07) is 2.79. The Labute approximate surface area is 113 Å². The van der Waals surface area contributed by atoms with Gasteiger partial charge in [0.25, 0.3) is 0 Å². The van der Waals surface area contributed by atoms with Gasteiger partial charge in [0.15, 0.2) is 0 Å². The molecule has 1 aliphatic heterocycles. The average molecular weight is 251 g/mol. The van der Waals surface area contributed by atoms with E-state index >= 15 is 0 Å². The van der Waals surface area contributed by atoms with Crippen molar-refractivity contribution in [1.82, 2.24) is 10.2 Å². The maximum Gasteiger partial charge on any atom is 0.105 e. The number of nitrogens with zero attached hydrogens (tertiary/aromatic N) is 2. The monoisotopic (exact) mass is 251 g/mol. The molecule has 0 amide bonds. The Kier molecular flexibility index (Phi) is 5.62. The Morgan fingerprint density at radius 1 is 1.39 bits per heavy atom. The molecule has 1 N–H and O–H groups in total. The fourth-order valence-corrected chi connectivity index (χ4v) is 2.73. The first-order chi connectivity index (χ1) is 8.36. The van der Waals surface area contributed by atoms with Gasteiger partial charge >= 0.3 is 0 Å². The molecule has 1 saturated heterocycles. The lowest BCUT2D eigenvalue weighted by Gasteiger charge is -2.37. The van der Waals surface area contributed by atoms with E-state index in [-0.39, 0.29) is 5.54 Å². The molecular formula is C15H29N3. The number of hydrogen-bond acceptors (Lipinski definition) is 3. The van der Waals surface area contributed by atoms with Crippen LogP contribution in [0.5, 0.6) is 0 Å². The molecule has 3 unspecified atom stereocenters. The third-order valence-electron chi connectivity index (χ3n) is 4.20. The van der Waals surface area contributed by atoms with E-state index in [2.05, 4.69) is 44.0 Å². The van der Waals surface area contributed by atoms with E-state index in [4.69, 9.17) is 0 Å². The van der Waals surface area contributed by atoms with Gasteiger partial charge in [-0.25, -0.2) is 0 Å². The second-order valence-electron chi connectivity index (χ2n) is 6.54. The van der Waals surface area contributed by atoms with Crippen molar-refractivity contribution in [2.45, 2.75) is 59.0 Å². The predicted molar refractivity (Wildman–Crippen MR) is 76.3 cm³/mol. The van der Waals surface area contributed by atoms with Crippen molar-refractivity contribution < 1.29 is 0 Å². The zero-order valence-corrected chi connectivity index (χ0v) is 12.7. The van der Waals surface area contributed by atoms with E-state index in [9.17, 15) is 5.26 Å². The second kappa shape index (κ2) is 6.54. The van der Waals surface area contributed by atoms with Crippen molar-refractivity contribution in [3.05, 3.63) is 0 Å². The Balaban J connectivity index is 2.42. The van der Waals surface area contributed by atoms with E-state index in [1.807, 2.05) is 6.92 Å². The van der Waals surface area contributed by atoms with Crippen LogP contribution in [0.4, 0.5) is 0 Å². The van der Waals surface area contributed by atoms with Gasteiger partial charge in [-0.1, -0.05) is 13.8 Å². The minimum absolute atomic E-state index is 0.356. The van der Waals surface area contributed by atoms with Gasteiger partial charge in [-0.15, -0.1) is 0 Å². The van der Waals surface area contributed by atoms with Crippen molar-refractivity contribution >= 4 is 0 Å². The second-order valence-corrected chi connectivity index (χ2v) is 6.54. The molecule has 1 fully saturated rings. The normalized spacial score (nSPS) is 28.9. The molecule has 3 nitrogen and oxygen atoms in total. The topological polar surface area (TPSA) is 39.1 Å². The summed E-state index contributed by atoms with van der Waals surface area (Å²) in [5.41, 5.74) is -0.388. The summed E-state index contributed by atoms with van der Waals surface area (Å²) in [6.45, 7) is 14.3. The van der Waals surface area contributed by atoms with Crippen LogP contribution in [-0.4, -0.2) is 36.1 Å². The summed E-state index contributed by atoms with van der Waals surface area (Å²) >= 11 is 0. The molecule has 104 valence electrons. The predicted octanol–water partition coefficient (Wildman–Crippen LogP) is 2.63. The highest BCUT2D eigenvalue weighted by molar-refractivity contribution is 5.04. The highest BCUT2D eigenvalue weighted by Crippen LogP contribution is 2.23. The molecule has 3 heteroatoms. The molecule has 0 aromatic heterocycles. The Bertz CT molecular complexity index is 295. The minimum Gasteiger partial charge on any atom is -0.303 e. The molecule has 0 radical (unpaired) electrons. The van der Waals surface area contributed by atoms with Gasteiger partial charge in [0.05, 0.1) is 6.07 Å². The van der Waals surface area contributed by atoms with E-state index in [0.717, 1.165) is 24.8 Å². The average Bonchev–Trinajstić information content (AvgIpc) is 2.30. The summed E-state index contributed by atoms with van der Waals surface area (Å²) in [7, 11) is 0. The molecule has 0 aliphatic carbocycles. The van der Waals surface area contributed by atoms with Gasteiger partial charge < -0.3 is 4.90 Å². The number of nitrogens with one attached hydrogen (secondary N) is 1. The quantitative estimate of drug-likeness (QED) is 0.816. The maximum atomic E-state index is 9.33. The van der Waals surface area contributed by atoms with Crippen LogP contribution in [0, 0.1) is 23.2 Å². The van der Waals surface area contributed by atoms with Crippen LogP contribution in [-0.2, 0) is 0 Å². The largest absolute Gasteiger partial charge is 0.303 e. The number of piperidine rings is 1. The van der Waals surface area contributed by atoms with Crippen molar-refractivity contribution in [2.75, 3.05) is 19.6 Å². The van der Waals surface area contributed by atoms with Crippen molar-refractivity contribution in [3.63, 3.8) is 0 Å². The fraction of sp³-hybridized carbons (Fsp3) is 0.933. The van der Waals surface area contributed by atoms with Crippen LogP contribution in [0.1, 0.15) is 47.5 Å². The Morgan fingerprint density at radius 2 is 2.06 bits per heavy atom. The van der Waals surface area contributed by atoms with Crippen LogP contribution >= 0.6 is 0 Å². The van der Waals surface area contributed by atoms with Crippen LogP contribution in [0.25, 0.3) is 0 Å². The van der Waals surface area contributed by atoms with E-state index < -0.39 is 0 Å². The van der Waals surface area contributed by atoms with Gasteiger partial charge in [0, 0.05) is 19.1 Å². The van der Waals surface area contributed by atoms with Crippen molar-refractivity contribution in [1.29, 1.82) is 5.26 Å². The molecule has 0 spiro atoms. The molecule has 3 atom stereocenters. The highest BCUT2D eigenvalue weighted by atomic mass is 15.1. The van der Waals surface area contributed by atoms with Gasteiger partial charge in [-0.05, 0) is 52.0 Å². The first-order valence-electron chi connectivity index (χ1n) is 7.27. The molecule has 1 aliphatic rings. The molecule has 0 aromatic rings. The van der Waals surface area contributed by atoms with Crippen LogP contribution in [0.2, 0.25) is 0 Å². The molecule has 1 rings (SSSR count). The van der Waals surface area contributed by atoms with Crippen molar-refractivity contribution in [3.8, 4) is 6.07 Å². The standard InChI is InChI=1S/C15H29N3/c1-12(2)17-15(5,11-16)7-9-18-8-6-13(3)14(4)10-18/h12-14,17H,6-10H2,1-5H3. The summed E-state index contributed by atoms with van der Waals surface area (Å²) in [6.07, 6.45) is 2.20. The first kappa shape index (κ1) is 15.5. The lowest BCUT2D eigenvalue weighted by atomic mass is 9.88. The minimum atomic E-state index is -0.388. The van der Waals surface area contributed by atoms with E-state index in [0.29, 0.717) is 6.04 Å². The molecule has 18 heavy (non-hydrogen) atoms. The highest BCUT2D eigenvalue weighted by Gasteiger charge is 2.27. The number of likely N-dealkylation sites (tertiary alicyclic amines) is 1. The van der Waals surface area contributed by atoms with Crippen LogP contribution in [0.15, 0.2) is 0 Å². The van der Waals surface area contributed by atoms with E-state index in [1.54, 1.807) is 0 Å². The third-order valence-corrected chi connectivity index (χ3v) is 4.20. The number of hydrogen-bond donors (Lipinski definition) is 1. The Hall–Kier alpha value is -0.590. The number of rotatable bonds is 5. The Morgan fingerprint density at radius 3 is 2.56 bits per heavy atom. The van der Waals surface area contributed by atoms with Gasteiger partial charge in [-0.3, -0.25) is 5.32 Å². The molecule has 1 heterocycles. The maximum absolute atomic E-state index is 9.33. The lowest BCUT2D eigenvalue weighted by molar-refractivity contribution is 0.129. The smallest absolute Gasteiger partial charge is 0.105 e. The zero-order valence-electron chi connectivity index (χ0n) is 12.7. The summed E-state index contributed by atoms with van der Waals surface area (Å²) in [5, 5.41) is 12.7. The molecule has 0 bridgehead atoms. The first-order valence-corrected chi connectivity index (χ1v) is 7.27. The summed E-state index contributed by atoms with van der Waals surface area (Å²) < 4.78 is 0. The SMILES string of the molecule is CC(C)NC(C)(C#N)CCN1CCC(C)C(C)C1. The molecular weight excluding hydrogens is 222 g/mol. The molecule has 0 aromatic carbocycles. The third kappa shape index (κ3) is 4.59. The number of nitriles is 1. The van der Waals surface area contributed by atoms with Crippen molar-refractivity contribution in [2.24, 2.45) is 11.8 Å².